The van der Waals surface area contributed by atoms with Crippen LogP contribution >= 0.6 is 15.9 Å². The van der Waals surface area contributed by atoms with E-state index in [-0.39, 0.29) is 24.9 Å². The molecular weight excluding hydrogens is 298 g/mol. The molecule has 0 aromatic heterocycles. The van der Waals surface area contributed by atoms with Gasteiger partial charge in [-0.15, -0.1) is 0 Å². The zero-order valence-electron chi connectivity index (χ0n) is 9.80. The summed E-state index contributed by atoms with van der Waals surface area (Å²) in [6.45, 7) is -0.197. The Balaban J connectivity index is 2.02. The molecule has 2 rings (SSSR count). The van der Waals surface area contributed by atoms with Crippen LogP contribution < -0.4 is 0 Å². The van der Waals surface area contributed by atoms with E-state index in [4.69, 9.17) is 5.11 Å². The summed E-state index contributed by atoms with van der Waals surface area (Å²) >= 11 is 3.35. The highest BCUT2D eigenvalue weighted by Gasteiger charge is 2.33. The average molecular weight is 312 g/mol. The van der Waals surface area contributed by atoms with E-state index in [0.717, 1.165) is 22.9 Å². The monoisotopic (exact) mass is 311 g/mol. The summed E-state index contributed by atoms with van der Waals surface area (Å²) < 4.78 is 0.920. The molecule has 18 heavy (non-hydrogen) atoms. The van der Waals surface area contributed by atoms with Crippen LogP contribution in [-0.2, 0) is 16.0 Å². The minimum atomic E-state index is -0.954. The first-order valence-corrected chi connectivity index (χ1v) is 6.61. The first-order valence-electron chi connectivity index (χ1n) is 5.82. The van der Waals surface area contributed by atoms with E-state index in [1.807, 2.05) is 24.3 Å². The van der Waals surface area contributed by atoms with Crippen molar-refractivity contribution in [3.63, 3.8) is 0 Å². The van der Waals surface area contributed by atoms with Gasteiger partial charge in [-0.2, -0.15) is 0 Å². The molecule has 0 aliphatic heterocycles. The van der Waals surface area contributed by atoms with Gasteiger partial charge in [0.25, 0.3) is 0 Å². The second-order valence-corrected chi connectivity index (χ2v) is 5.37. The van der Waals surface area contributed by atoms with E-state index in [2.05, 4.69) is 15.9 Å². The van der Waals surface area contributed by atoms with Crippen molar-refractivity contribution in [3.8, 4) is 0 Å². The molecule has 1 amide bonds. The van der Waals surface area contributed by atoms with E-state index in [0.29, 0.717) is 0 Å². The minimum absolute atomic E-state index is 0.113. The van der Waals surface area contributed by atoms with E-state index in [9.17, 15) is 9.59 Å². The lowest BCUT2D eigenvalue weighted by atomic mass is 10.1. The molecule has 4 nitrogen and oxygen atoms in total. The maximum absolute atomic E-state index is 12.1. The van der Waals surface area contributed by atoms with Crippen LogP contribution in [0.1, 0.15) is 18.4 Å². The Kier molecular flexibility index (Phi) is 4.01. The second-order valence-electron chi connectivity index (χ2n) is 4.45. The Morgan fingerprint density at radius 2 is 2.11 bits per heavy atom. The van der Waals surface area contributed by atoms with Gasteiger partial charge < -0.3 is 10.0 Å². The zero-order chi connectivity index (χ0) is 13.1. The molecule has 1 fully saturated rings. The smallest absolute Gasteiger partial charge is 0.323 e. The molecule has 1 aliphatic rings. The van der Waals surface area contributed by atoms with Crippen LogP contribution in [0.4, 0.5) is 0 Å². The van der Waals surface area contributed by atoms with Gasteiger partial charge in [0, 0.05) is 10.5 Å². The van der Waals surface area contributed by atoms with E-state index < -0.39 is 5.97 Å². The van der Waals surface area contributed by atoms with Crippen LogP contribution in [0.5, 0.6) is 0 Å². The molecule has 1 aromatic rings. The Morgan fingerprint density at radius 1 is 1.39 bits per heavy atom. The number of rotatable bonds is 5. The van der Waals surface area contributed by atoms with Gasteiger partial charge in [-0.1, -0.05) is 28.1 Å². The number of halogens is 1. The van der Waals surface area contributed by atoms with Crippen LogP contribution in [0.2, 0.25) is 0 Å². The summed E-state index contributed by atoms with van der Waals surface area (Å²) in [6, 6.07) is 7.63. The fraction of sp³-hybridized carbons (Fsp3) is 0.385. The lowest BCUT2D eigenvalue weighted by Crippen LogP contribution is -2.38. The molecular formula is C13H14BrNO3. The number of carboxylic acid groups (broad SMARTS) is 1. The van der Waals surface area contributed by atoms with Crippen molar-refractivity contribution in [2.45, 2.75) is 25.3 Å². The number of carboxylic acids is 1. The topological polar surface area (TPSA) is 57.6 Å². The number of carbonyl (C=O) groups is 2. The van der Waals surface area contributed by atoms with Gasteiger partial charge in [0.1, 0.15) is 6.54 Å². The van der Waals surface area contributed by atoms with E-state index in [1.165, 1.54) is 4.90 Å². The SMILES string of the molecule is O=C(O)CN(C(=O)Cc1cccc(Br)c1)C1CC1. The molecule has 0 radical (unpaired) electrons. The van der Waals surface area contributed by atoms with E-state index >= 15 is 0 Å². The van der Waals surface area contributed by atoms with Gasteiger partial charge in [0.05, 0.1) is 6.42 Å². The molecule has 1 aliphatic carbocycles. The van der Waals surface area contributed by atoms with Gasteiger partial charge in [-0.05, 0) is 30.5 Å². The maximum atomic E-state index is 12.1. The molecule has 0 unspecified atom stereocenters. The molecule has 96 valence electrons. The number of carbonyl (C=O) groups excluding carboxylic acids is 1. The third-order valence-electron chi connectivity index (χ3n) is 2.86. The molecule has 1 aromatic carbocycles. The molecule has 1 saturated carbocycles. The predicted octanol–water partition coefficient (Wildman–Crippen LogP) is 2.07. The van der Waals surface area contributed by atoms with Gasteiger partial charge in [0.15, 0.2) is 0 Å². The van der Waals surface area contributed by atoms with Crippen LogP contribution in [-0.4, -0.2) is 34.5 Å². The summed E-state index contributed by atoms with van der Waals surface area (Å²) in [4.78, 5) is 24.3. The lowest BCUT2D eigenvalue weighted by molar-refractivity contribution is -0.144. The van der Waals surface area contributed by atoms with Gasteiger partial charge in [0.2, 0.25) is 5.91 Å². The van der Waals surface area contributed by atoms with Crippen molar-refractivity contribution < 1.29 is 14.7 Å². The number of aliphatic carboxylic acids is 1. The Hall–Kier alpha value is -1.36. The maximum Gasteiger partial charge on any atom is 0.323 e. The quantitative estimate of drug-likeness (QED) is 0.905. The number of hydrogen-bond acceptors (Lipinski definition) is 2. The van der Waals surface area contributed by atoms with Crippen molar-refractivity contribution in [3.05, 3.63) is 34.3 Å². The molecule has 0 atom stereocenters. The highest BCUT2D eigenvalue weighted by molar-refractivity contribution is 9.10. The predicted molar refractivity (Wildman–Crippen MR) is 70.2 cm³/mol. The number of benzene rings is 1. The van der Waals surface area contributed by atoms with Gasteiger partial charge in [-0.3, -0.25) is 9.59 Å². The number of nitrogens with zero attached hydrogens (tertiary/aromatic N) is 1. The summed E-state index contributed by atoms with van der Waals surface area (Å²) in [7, 11) is 0. The molecule has 0 saturated heterocycles. The van der Waals surface area contributed by atoms with Crippen LogP contribution in [0.15, 0.2) is 28.7 Å². The third kappa shape index (κ3) is 3.57. The lowest BCUT2D eigenvalue weighted by Gasteiger charge is -2.20. The molecule has 0 heterocycles. The number of amides is 1. The van der Waals surface area contributed by atoms with Crippen molar-refractivity contribution in [1.82, 2.24) is 4.90 Å². The van der Waals surface area contributed by atoms with Crippen LogP contribution in [0.25, 0.3) is 0 Å². The first-order chi connectivity index (χ1) is 8.56. The third-order valence-corrected chi connectivity index (χ3v) is 3.35. The Morgan fingerprint density at radius 3 is 2.67 bits per heavy atom. The largest absolute Gasteiger partial charge is 0.480 e. The minimum Gasteiger partial charge on any atom is -0.480 e. The zero-order valence-corrected chi connectivity index (χ0v) is 11.4. The first kappa shape index (κ1) is 13.1. The summed E-state index contributed by atoms with van der Waals surface area (Å²) in [5.41, 5.74) is 0.894. The fourth-order valence-corrected chi connectivity index (χ4v) is 2.32. The summed E-state index contributed by atoms with van der Waals surface area (Å²) in [6.07, 6.45) is 2.08. The number of hydrogen-bond donors (Lipinski definition) is 1. The Labute approximate surface area is 114 Å². The summed E-state index contributed by atoms with van der Waals surface area (Å²) in [5, 5.41) is 8.82. The van der Waals surface area contributed by atoms with Crippen molar-refractivity contribution in [1.29, 1.82) is 0 Å². The standard InChI is InChI=1S/C13H14BrNO3/c14-10-3-1-2-9(6-10)7-12(16)15(8-13(17)18)11-4-5-11/h1-3,6,11H,4-5,7-8H2,(H,17,18). The summed E-state index contributed by atoms with van der Waals surface area (Å²) in [5.74, 6) is -1.07. The van der Waals surface area contributed by atoms with Crippen molar-refractivity contribution in [2.75, 3.05) is 6.54 Å². The average Bonchev–Trinajstić information content (AvgIpc) is 3.09. The Bertz CT molecular complexity index is 471. The normalized spacial score (nSPS) is 14.3. The molecule has 0 bridgehead atoms. The van der Waals surface area contributed by atoms with Crippen molar-refractivity contribution >= 4 is 27.8 Å². The second kappa shape index (κ2) is 5.52. The fourth-order valence-electron chi connectivity index (χ4n) is 1.88. The van der Waals surface area contributed by atoms with Gasteiger partial charge in [-0.25, -0.2) is 0 Å². The highest BCUT2D eigenvalue weighted by atomic mass is 79.9. The molecule has 1 N–H and O–H groups in total. The van der Waals surface area contributed by atoms with Gasteiger partial charge >= 0.3 is 5.97 Å². The molecule has 5 heteroatoms. The van der Waals surface area contributed by atoms with Crippen LogP contribution in [0.3, 0.4) is 0 Å². The molecule has 0 spiro atoms. The van der Waals surface area contributed by atoms with Crippen LogP contribution in [0, 0.1) is 0 Å². The van der Waals surface area contributed by atoms with Crippen molar-refractivity contribution in [2.24, 2.45) is 0 Å². The van der Waals surface area contributed by atoms with E-state index in [1.54, 1.807) is 0 Å². The highest BCUT2D eigenvalue weighted by Crippen LogP contribution is 2.27.